The van der Waals surface area contributed by atoms with Crippen molar-refractivity contribution >= 4 is 33.4 Å². The van der Waals surface area contributed by atoms with E-state index < -0.39 is 4.92 Å². The van der Waals surface area contributed by atoms with Gasteiger partial charge < -0.3 is 4.74 Å². The summed E-state index contributed by atoms with van der Waals surface area (Å²) in [6.07, 6.45) is 0.897. The normalized spacial score (nSPS) is 10.3. The van der Waals surface area contributed by atoms with Gasteiger partial charge in [-0.15, -0.1) is 0 Å². The second kappa shape index (κ2) is 8.37. The van der Waals surface area contributed by atoms with E-state index in [1.54, 1.807) is 12.1 Å². The molecule has 0 bridgehead atoms. The summed E-state index contributed by atoms with van der Waals surface area (Å²) in [5.41, 5.74) is 1.00. The highest BCUT2D eigenvalue weighted by molar-refractivity contribution is 9.08. The molecule has 0 aromatic heterocycles. The first kappa shape index (κ1) is 15.3. The predicted molar refractivity (Wildman–Crippen MR) is 78.8 cm³/mol. The van der Waals surface area contributed by atoms with Crippen molar-refractivity contribution in [3.63, 3.8) is 0 Å². The third kappa shape index (κ3) is 4.86. The molecule has 0 N–H and O–H groups in total. The molecule has 0 spiro atoms. The van der Waals surface area contributed by atoms with Gasteiger partial charge in [0.1, 0.15) is 0 Å². The number of nitrogens with zero attached hydrogens (tertiary/aromatic N) is 1. The fourth-order valence-electron chi connectivity index (χ4n) is 1.40. The van der Waals surface area contributed by atoms with E-state index in [0.29, 0.717) is 17.7 Å². The Morgan fingerprint density at radius 1 is 1.50 bits per heavy atom. The smallest absolute Gasteiger partial charge is 0.310 e. The number of thioether (sulfide) groups is 1. The molecule has 18 heavy (non-hydrogen) atoms. The molecule has 0 saturated carbocycles. The van der Waals surface area contributed by atoms with Gasteiger partial charge in [0.05, 0.1) is 11.5 Å². The van der Waals surface area contributed by atoms with E-state index in [2.05, 4.69) is 22.9 Å². The Balaban J connectivity index is 2.63. The van der Waals surface area contributed by atoms with Crippen LogP contribution in [0.5, 0.6) is 5.75 Å². The summed E-state index contributed by atoms with van der Waals surface area (Å²) in [4.78, 5) is 10.5. The molecule has 0 heterocycles. The topological polar surface area (TPSA) is 52.4 Å². The first-order valence-electron chi connectivity index (χ1n) is 5.72. The summed E-state index contributed by atoms with van der Waals surface area (Å²) < 4.78 is 5.51. The molecule has 100 valence electrons. The molecular formula is C12H16BrNO3S. The number of alkyl halides is 1. The minimum atomic E-state index is -0.409. The number of nitro benzene ring substituents is 1. The zero-order chi connectivity index (χ0) is 13.4. The average molecular weight is 334 g/mol. The van der Waals surface area contributed by atoms with E-state index in [9.17, 15) is 10.1 Å². The zero-order valence-corrected chi connectivity index (χ0v) is 12.6. The first-order chi connectivity index (χ1) is 8.69. The SMILES string of the molecule is CCSCCCOc1cc(CBr)ccc1[N+](=O)[O-]. The van der Waals surface area contributed by atoms with Crippen LogP contribution in [0.2, 0.25) is 0 Å². The highest BCUT2D eigenvalue weighted by Crippen LogP contribution is 2.28. The highest BCUT2D eigenvalue weighted by Gasteiger charge is 2.15. The first-order valence-corrected chi connectivity index (χ1v) is 8.00. The largest absolute Gasteiger partial charge is 0.487 e. The van der Waals surface area contributed by atoms with E-state index in [0.717, 1.165) is 23.5 Å². The van der Waals surface area contributed by atoms with Crippen LogP contribution in [0.1, 0.15) is 18.9 Å². The number of hydrogen-bond donors (Lipinski definition) is 0. The Hall–Kier alpha value is -0.750. The van der Waals surface area contributed by atoms with Gasteiger partial charge in [-0.2, -0.15) is 11.8 Å². The fraction of sp³-hybridized carbons (Fsp3) is 0.500. The molecule has 1 rings (SSSR count). The third-order valence-electron chi connectivity index (χ3n) is 2.27. The Morgan fingerprint density at radius 3 is 2.89 bits per heavy atom. The zero-order valence-electron chi connectivity index (χ0n) is 10.2. The fourth-order valence-corrected chi connectivity index (χ4v) is 2.35. The lowest BCUT2D eigenvalue weighted by atomic mass is 10.2. The van der Waals surface area contributed by atoms with Gasteiger partial charge in [-0.25, -0.2) is 0 Å². The summed E-state index contributed by atoms with van der Waals surface area (Å²) in [6, 6.07) is 4.94. The van der Waals surface area contributed by atoms with Crippen molar-refractivity contribution in [1.82, 2.24) is 0 Å². The van der Waals surface area contributed by atoms with Crippen molar-refractivity contribution in [1.29, 1.82) is 0 Å². The van der Waals surface area contributed by atoms with Crippen LogP contribution in [0.15, 0.2) is 18.2 Å². The van der Waals surface area contributed by atoms with Crippen molar-refractivity contribution in [3.8, 4) is 5.75 Å². The van der Waals surface area contributed by atoms with E-state index in [1.807, 2.05) is 11.8 Å². The highest BCUT2D eigenvalue weighted by atomic mass is 79.9. The van der Waals surface area contributed by atoms with E-state index in [-0.39, 0.29) is 5.69 Å². The molecule has 0 aliphatic rings. The van der Waals surface area contributed by atoms with Crippen LogP contribution in [0.4, 0.5) is 5.69 Å². The van der Waals surface area contributed by atoms with E-state index in [1.165, 1.54) is 6.07 Å². The quantitative estimate of drug-likeness (QED) is 0.312. The molecule has 4 nitrogen and oxygen atoms in total. The monoisotopic (exact) mass is 333 g/mol. The lowest BCUT2D eigenvalue weighted by Crippen LogP contribution is -2.02. The average Bonchev–Trinajstić information content (AvgIpc) is 2.38. The van der Waals surface area contributed by atoms with Gasteiger partial charge in [0.15, 0.2) is 5.75 Å². The molecule has 1 aromatic rings. The summed E-state index contributed by atoms with van der Waals surface area (Å²) in [5, 5.41) is 11.5. The van der Waals surface area contributed by atoms with Gasteiger partial charge in [-0.1, -0.05) is 28.9 Å². The van der Waals surface area contributed by atoms with Gasteiger partial charge in [0.2, 0.25) is 0 Å². The molecule has 0 fully saturated rings. The number of halogens is 1. The predicted octanol–water partition coefficient (Wildman–Crippen LogP) is 4.01. The number of hydrogen-bond acceptors (Lipinski definition) is 4. The van der Waals surface area contributed by atoms with Gasteiger partial charge in [-0.05, 0) is 29.6 Å². The Bertz CT molecular complexity index is 401. The minimum absolute atomic E-state index is 0.0304. The lowest BCUT2D eigenvalue weighted by molar-refractivity contribution is -0.385. The van der Waals surface area contributed by atoms with Crippen LogP contribution in [-0.2, 0) is 5.33 Å². The molecule has 0 amide bonds. The molecule has 0 atom stereocenters. The van der Waals surface area contributed by atoms with Crippen LogP contribution >= 0.6 is 27.7 Å². The van der Waals surface area contributed by atoms with E-state index >= 15 is 0 Å². The molecule has 0 aliphatic carbocycles. The summed E-state index contributed by atoms with van der Waals surface area (Å²) in [7, 11) is 0. The minimum Gasteiger partial charge on any atom is -0.487 e. The van der Waals surface area contributed by atoms with Crippen molar-refractivity contribution in [2.24, 2.45) is 0 Å². The van der Waals surface area contributed by atoms with Gasteiger partial charge in [0.25, 0.3) is 0 Å². The Kier molecular flexibility index (Phi) is 7.12. The third-order valence-corrected chi connectivity index (χ3v) is 3.90. The maximum atomic E-state index is 10.9. The second-order valence-electron chi connectivity index (χ2n) is 3.59. The van der Waals surface area contributed by atoms with Crippen LogP contribution in [0.25, 0.3) is 0 Å². The van der Waals surface area contributed by atoms with Crippen LogP contribution in [-0.4, -0.2) is 23.0 Å². The molecule has 1 aromatic carbocycles. The second-order valence-corrected chi connectivity index (χ2v) is 5.55. The van der Waals surface area contributed by atoms with Crippen LogP contribution < -0.4 is 4.74 Å². The van der Waals surface area contributed by atoms with Crippen molar-refractivity contribution in [3.05, 3.63) is 33.9 Å². The molecule has 0 unspecified atom stereocenters. The number of nitro groups is 1. The van der Waals surface area contributed by atoms with Crippen molar-refractivity contribution in [2.45, 2.75) is 18.7 Å². The summed E-state index contributed by atoms with van der Waals surface area (Å²) in [5.74, 6) is 2.46. The van der Waals surface area contributed by atoms with E-state index in [4.69, 9.17) is 4.74 Å². The van der Waals surface area contributed by atoms with Gasteiger partial charge in [0, 0.05) is 11.4 Å². The molecule has 0 aliphatic heterocycles. The molecule has 0 saturated heterocycles. The Labute approximate surface area is 119 Å². The summed E-state index contributed by atoms with van der Waals surface area (Å²) >= 11 is 5.17. The van der Waals surface area contributed by atoms with Gasteiger partial charge in [-0.3, -0.25) is 10.1 Å². The molecule has 6 heteroatoms. The number of benzene rings is 1. The maximum Gasteiger partial charge on any atom is 0.310 e. The van der Waals surface area contributed by atoms with Crippen LogP contribution in [0.3, 0.4) is 0 Å². The number of rotatable bonds is 8. The molecule has 0 radical (unpaired) electrons. The summed E-state index contributed by atoms with van der Waals surface area (Å²) in [6.45, 7) is 2.62. The molecular weight excluding hydrogens is 318 g/mol. The maximum absolute atomic E-state index is 10.9. The standard InChI is InChI=1S/C12H16BrNO3S/c1-2-18-7-3-6-17-12-8-10(9-13)4-5-11(12)14(15)16/h4-5,8H,2-3,6-7,9H2,1H3. The Morgan fingerprint density at radius 2 is 2.28 bits per heavy atom. The van der Waals surface area contributed by atoms with Crippen LogP contribution in [0, 0.1) is 10.1 Å². The van der Waals surface area contributed by atoms with Crippen molar-refractivity contribution < 1.29 is 9.66 Å². The van der Waals surface area contributed by atoms with Crippen molar-refractivity contribution in [2.75, 3.05) is 18.1 Å². The van der Waals surface area contributed by atoms with Gasteiger partial charge >= 0.3 is 5.69 Å². The lowest BCUT2D eigenvalue weighted by Gasteiger charge is -2.07. The number of ether oxygens (including phenoxy) is 1.